The van der Waals surface area contributed by atoms with Gasteiger partial charge in [0.2, 0.25) is 0 Å². The van der Waals surface area contributed by atoms with Crippen molar-refractivity contribution in [3.05, 3.63) is 23.8 Å². The third-order valence-corrected chi connectivity index (χ3v) is 2.96. The van der Waals surface area contributed by atoms with Crippen LogP contribution in [-0.4, -0.2) is 6.54 Å². The van der Waals surface area contributed by atoms with Crippen LogP contribution in [0.3, 0.4) is 0 Å². The van der Waals surface area contributed by atoms with Gasteiger partial charge in [0.05, 0.1) is 0 Å². The number of hydrogen-bond acceptors (Lipinski definition) is 2. The molecule has 84 valence electrons. The highest BCUT2D eigenvalue weighted by molar-refractivity contribution is 5.57. The van der Waals surface area contributed by atoms with Crippen molar-refractivity contribution in [3.63, 3.8) is 0 Å². The topological polar surface area (TPSA) is 38.0 Å². The first-order valence-corrected chi connectivity index (χ1v) is 5.54. The molecule has 2 heteroatoms. The summed E-state index contributed by atoms with van der Waals surface area (Å²) in [5, 5.41) is 3.48. The molecule has 0 spiro atoms. The summed E-state index contributed by atoms with van der Waals surface area (Å²) in [4.78, 5) is 0. The van der Waals surface area contributed by atoms with Gasteiger partial charge in [-0.1, -0.05) is 20.8 Å². The summed E-state index contributed by atoms with van der Waals surface area (Å²) < 4.78 is 0. The molecular weight excluding hydrogens is 184 g/mol. The van der Waals surface area contributed by atoms with Crippen LogP contribution in [0, 0.1) is 12.3 Å². The van der Waals surface area contributed by atoms with Crippen LogP contribution in [0.2, 0.25) is 0 Å². The van der Waals surface area contributed by atoms with Gasteiger partial charge in [0.1, 0.15) is 0 Å². The maximum atomic E-state index is 5.71. The van der Waals surface area contributed by atoms with Crippen molar-refractivity contribution in [1.82, 2.24) is 0 Å². The second-order valence-electron chi connectivity index (χ2n) is 4.95. The van der Waals surface area contributed by atoms with Crippen LogP contribution in [0.5, 0.6) is 0 Å². The van der Waals surface area contributed by atoms with E-state index >= 15 is 0 Å². The molecule has 1 aromatic rings. The molecule has 3 N–H and O–H groups in total. The lowest BCUT2D eigenvalue weighted by Gasteiger charge is -2.24. The minimum Gasteiger partial charge on any atom is -0.399 e. The first kappa shape index (κ1) is 11.9. The molecule has 0 fully saturated rings. The maximum Gasteiger partial charge on any atom is 0.0371 e. The monoisotopic (exact) mass is 206 g/mol. The van der Waals surface area contributed by atoms with Gasteiger partial charge in [0.15, 0.2) is 0 Å². The SMILES string of the molecule is CCC(C)(C)CNc1ccc(N)cc1C. The maximum absolute atomic E-state index is 5.71. The summed E-state index contributed by atoms with van der Waals surface area (Å²) in [5.41, 5.74) is 9.27. The Hall–Kier alpha value is -1.18. The Morgan fingerprint density at radius 2 is 2.00 bits per heavy atom. The Bertz CT molecular complexity index is 329. The van der Waals surface area contributed by atoms with Gasteiger partial charge in [-0.3, -0.25) is 0 Å². The molecule has 0 atom stereocenters. The Morgan fingerprint density at radius 3 is 2.53 bits per heavy atom. The zero-order valence-electron chi connectivity index (χ0n) is 10.2. The molecule has 1 aromatic carbocycles. The fourth-order valence-corrected chi connectivity index (χ4v) is 1.34. The number of aryl methyl sites for hydroxylation is 1. The zero-order chi connectivity index (χ0) is 11.5. The van der Waals surface area contributed by atoms with E-state index in [1.807, 2.05) is 12.1 Å². The van der Waals surface area contributed by atoms with Crippen molar-refractivity contribution in [2.24, 2.45) is 5.41 Å². The van der Waals surface area contributed by atoms with Crippen LogP contribution in [0.25, 0.3) is 0 Å². The second-order valence-corrected chi connectivity index (χ2v) is 4.95. The number of nitrogen functional groups attached to an aromatic ring is 1. The molecule has 1 rings (SSSR count). The predicted octanol–water partition coefficient (Wildman–Crippen LogP) is 3.43. The Kier molecular flexibility index (Phi) is 3.61. The first-order valence-electron chi connectivity index (χ1n) is 5.54. The largest absolute Gasteiger partial charge is 0.399 e. The summed E-state index contributed by atoms with van der Waals surface area (Å²) in [7, 11) is 0. The molecule has 0 amide bonds. The quantitative estimate of drug-likeness (QED) is 0.741. The number of benzene rings is 1. The molecule has 2 nitrogen and oxygen atoms in total. The van der Waals surface area contributed by atoms with Crippen molar-refractivity contribution in [2.45, 2.75) is 34.1 Å². The van der Waals surface area contributed by atoms with Crippen LogP contribution in [0.4, 0.5) is 11.4 Å². The summed E-state index contributed by atoms with van der Waals surface area (Å²) in [5.74, 6) is 0. The third kappa shape index (κ3) is 3.46. The van der Waals surface area contributed by atoms with E-state index in [4.69, 9.17) is 5.73 Å². The van der Waals surface area contributed by atoms with Crippen molar-refractivity contribution in [1.29, 1.82) is 0 Å². The van der Waals surface area contributed by atoms with Crippen molar-refractivity contribution >= 4 is 11.4 Å². The van der Waals surface area contributed by atoms with Crippen LogP contribution < -0.4 is 11.1 Å². The fourth-order valence-electron chi connectivity index (χ4n) is 1.34. The Balaban J connectivity index is 2.66. The highest BCUT2D eigenvalue weighted by atomic mass is 14.9. The summed E-state index contributed by atoms with van der Waals surface area (Å²) in [6.45, 7) is 9.84. The minimum atomic E-state index is 0.341. The molecular formula is C13H22N2. The van der Waals surface area contributed by atoms with E-state index in [1.165, 1.54) is 17.7 Å². The van der Waals surface area contributed by atoms with Crippen molar-refractivity contribution in [2.75, 3.05) is 17.6 Å². The van der Waals surface area contributed by atoms with Gasteiger partial charge < -0.3 is 11.1 Å². The van der Waals surface area contributed by atoms with Crippen LogP contribution >= 0.6 is 0 Å². The van der Waals surface area contributed by atoms with Gasteiger partial charge in [-0.05, 0) is 42.5 Å². The lowest BCUT2D eigenvalue weighted by atomic mass is 9.90. The Labute approximate surface area is 92.9 Å². The number of hydrogen-bond donors (Lipinski definition) is 2. The number of nitrogens with two attached hydrogens (primary N) is 1. The molecule has 15 heavy (non-hydrogen) atoms. The van der Waals surface area contributed by atoms with Gasteiger partial charge in [-0.2, -0.15) is 0 Å². The van der Waals surface area contributed by atoms with Crippen LogP contribution in [0.1, 0.15) is 32.8 Å². The zero-order valence-corrected chi connectivity index (χ0v) is 10.2. The fraction of sp³-hybridized carbons (Fsp3) is 0.538. The van der Waals surface area contributed by atoms with E-state index in [9.17, 15) is 0 Å². The summed E-state index contributed by atoms with van der Waals surface area (Å²) >= 11 is 0. The van der Waals surface area contributed by atoms with Crippen LogP contribution in [-0.2, 0) is 0 Å². The average Bonchev–Trinajstić information content (AvgIpc) is 2.16. The van der Waals surface area contributed by atoms with E-state index in [0.29, 0.717) is 5.41 Å². The van der Waals surface area contributed by atoms with Crippen molar-refractivity contribution in [3.8, 4) is 0 Å². The molecule has 0 unspecified atom stereocenters. The third-order valence-electron chi connectivity index (χ3n) is 2.96. The highest BCUT2D eigenvalue weighted by Crippen LogP contribution is 2.23. The lowest BCUT2D eigenvalue weighted by Crippen LogP contribution is -2.22. The minimum absolute atomic E-state index is 0.341. The molecule has 0 saturated carbocycles. The highest BCUT2D eigenvalue weighted by Gasteiger charge is 2.14. The lowest BCUT2D eigenvalue weighted by molar-refractivity contribution is 0.377. The summed E-state index contributed by atoms with van der Waals surface area (Å²) in [6.07, 6.45) is 1.17. The summed E-state index contributed by atoms with van der Waals surface area (Å²) in [6, 6.07) is 5.99. The first-order chi connectivity index (χ1) is 6.94. The standard InChI is InChI=1S/C13H22N2/c1-5-13(3,4)9-15-12-7-6-11(14)8-10(12)2/h6-8,15H,5,9,14H2,1-4H3. The van der Waals surface area contributed by atoms with Gasteiger partial charge in [0, 0.05) is 17.9 Å². The van der Waals surface area contributed by atoms with Crippen LogP contribution in [0.15, 0.2) is 18.2 Å². The van der Waals surface area contributed by atoms with E-state index in [2.05, 4.69) is 39.1 Å². The molecule has 0 aliphatic heterocycles. The molecule has 0 bridgehead atoms. The molecule has 0 heterocycles. The van der Waals surface area contributed by atoms with E-state index in [0.717, 1.165) is 12.2 Å². The van der Waals surface area contributed by atoms with Gasteiger partial charge >= 0.3 is 0 Å². The normalized spacial score (nSPS) is 11.5. The second kappa shape index (κ2) is 4.56. The molecule has 0 aliphatic rings. The Morgan fingerprint density at radius 1 is 1.33 bits per heavy atom. The van der Waals surface area contributed by atoms with Crippen molar-refractivity contribution < 1.29 is 0 Å². The van der Waals surface area contributed by atoms with E-state index < -0.39 is 0 Å². The number of nitrogens with one attached hydrogen (secondary N) is 1. The number of rotatable bonds is 4. The molecule has 0 aromatic heterocycles. The van der Waals surface area contributed by atoms with E-state index in [1.54, 1.807) is 0 Å². The average molecular weight is 206 g/mol. The van der Waals surface area contributed by atoms with Gasteiger partial charge in [0.25, 0.3) is 0 Å². The van der Waals surface area contributed by atoms with E-state index in [-0.39, 0.29) is 0 Å². The molecule has 0 aliphatic carbocycles. The predicted molar refractivity (Wildman–Crippen MR) is 68.2 cm³/mol. The van der Waals surface area contributed by atoms with Gasteiger partial charge in [-0.15, -0.1) is 0 Å². The number of anilines is 2. The van der Waals surface area contributed by atoms with Gasteiger partial charge in [-0.25, -0.2) is 0 Å². The smallest absolute Gasteiger partial charge is 0.0371 e. The molecule has 0 radical (unpaired) electrons. The molecule has 0 saturated heterocycles.